The second-order valence-electron chi connectivity index (χ2n) is 5.30. The Morgan fingerprint density at radius 3 is 1.71 bits per heavy atom. The van der Waals surface area contributed by atoms with Gasteiger partial charge in [-0.1, -0.05) is 71.1 Å². The van der Waals surface area contributed by atoms with E-state index in [2.05, 4.69) is 16.4 Å². The number of unbranched alkanes of at least 4 members (excludes halogenated alkanes) is 10. The van der Waals surface area contributed by atoms with Crippen LogP contribution in [0.1, 0.15) is 84.0 Å². The highest BCUT2D eigenvalue weighted by Gasteiger charge is 2.03. The van der Waals surface area contributed by atoms with Crippen molar-refractivity contribution in [1.29, 1.82) is 0 Å². The van der Waals surface area contributed by atoms with Crippen LogP contribution in [-0.2, 0) is 14.3 Å². The minimum absolute atomic E-state index is 0.344. The number of halogens is 1. The van der Waals surface area contributed by atoms with E-state index in [1.807, 2.05) is 0 Å². The van der Waals surface area contributed by atoms with Crippen LogP contribution in [0.3, 0.4) is 0 Å². The van der Waals surface area contributed by atoms with Crippen LogP contribution in [0.2, 0.25) is 0 Å². The fourth-order valence-electron chi connectivity index (χ4n) is 2.15. The Labute approximate surface area is 133 Å². The van der Waals surface area contributed by atoms with Crippen molar-refractivity contribution >= 4 is 23.0 Å². The third kappa shape index (κ3) is 17.2. The number of carbonyl (C=O) groups excluding carboxylic acids is 2. The van der Waals surface area contributed by atoms with E-state index in [4.69, 9.17) is 11.6 Å². The molecule has 0 aliphatic carbocycles. The number of hydrogen-bond acceptors (Lipinski definition) is 4. The molecule has 0 radical (unpaired) electrons. The van der Waals surface area contributed by atoms with Crippen molar-refractivity contribution in [2.24, 2.45) is 0 Å². The van der Waals surface area contributed by atoms with Gasteiger partial charge in [0.2, 0.25) is 6.79 Å². The van der Waals surface area contributed by atoms with E-state index in [1.165, 1.54) is 57.8 Å². The Kier molecular flexibility index (Phi) is 15.0. The molecular formula is C16H29ClO4. The molecule has 0 bridgehead atoms. The monoisotopic (exact) mass is 320 g/mol. The zero-order valence-corrected chi connectivity index (χ0v) is 14.0. The summed E-state index contributed by atoms with van der Waals surface area (Å²) in [5.74, 6) is -0.344. The topological polar surface area (TPSA) is 52.6 Å². The maximum Gasteiger partial charge on any atom is 0.406 e. The van der Waals surface area contributed by atoms with E-state index in [0.717, 1.165) is 12.8 Å². The number of carbonyl (C=O) groups is 2. The van der Waals surface area contributed by atoms with Crippen LogP contribution in [0.5, 0.6) is 0 Å². The summed E-state index contributed by atoms with van der Waals surface area (Å²) in [5, 5.41) is 0. The van der Waals surface area contributed by atoms with Crippen molar-refractivity contribution in [3.63, 3.8) is 0 Å². The predicted molar refractivity (Wildman–Crippen MR) is 84.4 cm³/mol. The van der Waals surface area contributed by atoms with Crippen molar-refractivity contribution in [2.45, 2.75) is 84.0 Å². The molecule has 0 heterocycles. The lowest BCUT2D eigenvalue weighted by molar-refractivity contribution is -0.151. The van der Waals surface area contributed by atoms with Crippen molar-refractivity contribution in [1.82, 2.24) is 0 Å². The summed E-state index contributed by atoms with van der Waals surface area (Å²) in [6.45, 7) is 1.85. The molecule has 0 saturated carbocycles. The third-order valence-electron chi connectivity index (χ3n) is 3.38. The normalized spacial score (nSPS) is 10.4. The quantitative estimate of drug-likeness (QED) is 0.182. The van der Waals surface area contributed by atoms with E-state index < -0.39 is 5.43 Å². The van der Waals surface area contributed by atoms with Gasteiger partial charge in [-0.05, 0) is 6.42 Å². The largest absolute Gasteiger partial charge is 0.428 e. The molecule has 124 valence electrons. The zero-order valence-electron chi connectivity index (χ0n) is 13.2. The zero-order chi connectivity index (χ0) is 15.8. The SMILES string of the molecule is CCCCCCCCCCCCCC(=O)OCOC(=O)Cl. The van der Waals surface area contributed by atoms with Crippen LogP contribution in [0.4, 0.5) is 4.79 Å². The number of esters is 1. The van der Waals surface area contributed by atoms with Gasteiger partial charge in [-0.2, -0.15) is 0 Å². The van der Waals surface area contributed by atoms with Crippen molar-refractivity contribution in [2.75, 3.05) is 6.79 Å². The minimum atomic E-state index is -0.961. The average Bonchev–Trinajstić information content (AvgIpc) is 2.44. The first kappa shape index (κ1) is 20.2. The maximum atomic E-state index is 11.2. The lowest BCUT2D eigenvalue weighted by Crippen LogP contribution is -2.09. The average molecular weight is 321 g/mol. The summed E-state index contributed by atoms with van der Waals surface area (Å²) in [6.07, 6.45) is 14.0. The van der Waals surface area contributed by atoms with Crippen LogP contribution in [-0.4, -0.2) is 18.2 Å². The Hall–Kier alpha value is -0.770. The second-order valence-corrected chi connectivity index (χ2v) is 5.61. The Morgan fingerprint density at radius 1 is 0.762 bits per heavy atom. The van der Waals surface area contributed by atoms with Gasteiger partial charge in [0.05, 0.1) is 0 Å². The first-order valence-electron chi connectivity index (χ1n) is 8.14. The standard InChI is InChI=1S/C16H29ClO4/c1-2-3-4-5-6-7-8-9-10-11-12-13-15(18)20-14-21-16(17)19/h2-14H2,1H3. The van der Waals surface area contributed by atoms with Crippen LogP contribution < -0.4 is 0 Å². The van der Waals surface area contributed by atoms with Gasteiger partial charge in [-0.15, -0.1) is 0 Å². The summed E-state index contributed by atoms with van der Waals surface area (Å²) in [4.78, 5) is 21.5. The van der Waals surface area contributed by atoms with Gasteiger partial charge < -0.3 is 9.47 Å². The van der Waals surface area contributed by atoms with E-state index in [0.29, 0.717) is 6.42 Å². The van der Waals surface area contributed by atoms with Crippen LogP contribution in [0, 0.1) is 0 Å². The van der Waals surface area contributed by atoms with Gasteiger partial charge in [-0.25, -0.2) is 4.79 Å². The van der Waals surface area contributed by atoms with Crippen molar-refractivity contribution in [3.8, 4) is 0 Å². The van der Waals surface area contributed by atoms with Gasteiger partial charge in [0, 0.05) is 18.0 Å². The molecule has 0 aromatic carbocycles. The molecule has 0 amide bonds. The van der Waals surface area contributed by atoms with Gasteiger partial charge in [0.15, 0.2) is 0 Å². The molecule has 0 aromatic rings. The van der Waals surface area contributed by atoms with Crippen molar-refractivity contribution < 1.29 is 19.1 Å². The summed E-state index contributed by atoms with van der Waals surface area (Å²) in [7, 11) is 0. The van der Waals surface area contributed by atoms with Gasteiger partial charge in [-0.3, -0.25) is 4.79 Å². The lowest BCUT2D eigenvalue weighted by atomic mass is 10.1. The first-order chi connectivity index (χ1) is 10.2. The summed E-state index contributed by atoms with van der Waals surface area (Å²) < 4.78 is 8.98. The summed E-state index contributed by atoms with van der Waals surface area (Å²) in [6, 6.07) is 0. The highest BCUT2D eigenvalue weighted by atomic mass is 35.5. The summed E-state index contributed by atoms with van der Waals surface area (Å²) in [5.41, 5.74) is -0.961. The van der Waals surface area contributed by atoms with E-state index >= 15 is 0 Å². The molecule has 0 N–H and O–H groups in total. The maximum absolute atomic E-state index is 11.2. The highest BCUT2D eigenvalue weighted by Crippen LogP contribution is 2.12. The van der Waals surface area contributed by atoms with Crippen LogP contribution >= 0.6 is 11.6 Å². The fourth-order valence-corrected chi connectivity index (χ4v) is 2.19. The molecule has 0 aliphatic heterocycles. The van der Waals surface area contributed by atoms with Gasteiger partial charge >= 0.3 is 11.4 Å². The molecular weight excluding hydrogens is 292 g/mol. The highest BCUT2D eigenvalue weighted by molar-refractivity contribution is 6.61. The molecule has 21 heavy (non-hydrogen) atoms. The molecule has 4 nitrogen and oxygen atoms in total. The first-order valence-corrected chi connectivity index (χ1v) is 8.52. The smallest absolute Gasteiger partial charge is 0.406 e. The molecule has 0 unspecified atom stereocenters. The number of hydrogen-bond donors (Lipinski definition) is 0. The Morgan fingerprint density at radius 2 is 1.24 bits per heavy atom. The van der Waals surface area contributed by atoms with Crippen LogP contribution in [0.25, 0.3) is 0 Å². The van der Waals surface area contributed by atoms with E-state index in [9.17, 15) is 9.59 Å². The second kappa shape index (κ2) is 15.6. The molecule has 0 aromatic heterocycles. The Bertz CT molecular complexity index is 269. The molecule has 5 heteroatoms. The van der Waals surface area contributed by atoms with Gasteiger partial charge in [0.1, 0.15) is 0 Å². The molecule has 0 fully saturated rings. The van der Waals surface area contributed by atoms with E-state index in [-0.39, 0.29) is 12.8 Å². The lowest BCUT2D eigenvalue weighted by Gasteiger charge is -2.04. The molecule has 0 atom stereocenters. The van der Waals surface area contributed by atoms with Gasteiger partial charge in [0.25, 0.3) is 0 Å². The molecule has 0 rings (SSSR count). The molecule has 0 saturated heterocycles. The van der Waals surface area contributed by atoms with E-state index in [1.54, 1.807) is 0 Å². The molecule has 0 aliphatic rings. The minimum Gasteiger partial charge on any atom is -0.428 e. The number of ether oxygens (including phenoxy) is 2. The molecule has 0 spiro atoms. The predicted octanol–water partition coefficient (Wildman–Crippen LogP) is 5.56. The number of rotatable bonds is 14. The van der Waals surface area contributed by atoms with Crippen molar-refractivity contribution in [3.05, 3.63) is 0 Å². The summed E-state index contributed by atoms with van der Waals surface area (Å²) >= 11 is 4.93. The van der Waals surface area contributed by atoms with Crippen LogP contribution in [0.15, 0.2) is 0 Å². The Balaban J connectivity index is 3.14. The third-order valence-corrected chi connectivity index (χ3v) is 3.49. The fraction of sp³-hybridized carbons (Fsp3) is 0.875.